The Morgan fingerprint density at radius 1 is 1.00 bits per heavy atom. The van der Waals surface area contributed by atoms with E-state index in [1.807, 2.05) is 58.3 Å². The van der Waals surface area contributed by atoms with Gasteiger partial charge >= 0.3 is 6.03 Å². The van der Waals surface area contributed by atoms with Gasteiger partial charge in [-0.05, 0) is 43.3 Å². The van der Waals surface area contributed by atoms with E-state index >= 15 is 0 Å². The average molecular weight is 453 g/mol. The van der Waals surface area contributed by atoms with E-state index in [4.69, 9.17) is 9.47 Å². The Bertz CT molecular complexity index is 939. The number of ether oxygens (including phenoxy) is 2. The molecular formula is C25H32N4O4. The first-order valence-electron chi connectivity index (χ1n) is 11.5. The highest BCUT2D eigenvalue weighted by molar-refractivity contribution is 5.94. The van der Waals surface area contributed by atoms with Crippen LogP contribution >= 0.6 is 0 Å². The van der Waals surface area contributed by atoms with Gasteiger partial charge in [-0.25, -0.2) is 4.79 Å². The number of para-hydroxylation sites is 1. The Labute approximate surface area is 195 Å². The molecule has 0 saturated carbocycles. The fourth-order valence-electron chi connectivity index (χ4n) is 4.32. The van der Waals surface area contributed by atoms with Gasteiger partial charge in [-0.1, -0.05) is 24.3 Å². The van der Waals surface area contributed by atoms with Gasteiger partial charge in [0.25, 0.3) is 5.91 Å². The second kappa shape index (κ2) is 11.2. The molecule has 1 atom stereocenters. The minimum atomic E-state index is -0.0968. The van der Waals surface area contributed by atoms with Crippen molar-refractivity contribution < 1.29 is 19.1 Å². The van der Waals surface area contributed by atoms with Gasteiger partial charge in [0.05, 0.1) is 19.8 Å². The monoisotopic (exact) mass is 452 g/mol. The molecule has 0 spiro atoms. The predicted molar refractivity (Wildman–Crippen MR) is 127 cm³/mol. The standard InChI is InChI=1S/C25H32N4O4/c1-32-22-10-5-7-20(17-22)24(30)28-12-6-11-27(13-14-28)18-23-19-29(15-16-33-23)25(31)26-21-8-3-2-4-9-21/h2-5,7-10,17,23H,6,11-16,18-19H2,1H3,(H,26,31). The zero-order valence-electron chi connectivity index (χ0n) is 19.1. The highest BCUT2D eigenvalue weighted by Crippen LogP contribution is 2.17. The maximum atomic E-state index is 13.0. The minimum absolute atomic E-state index is 0.0356. The SMILES string of the molecule is COc1cccc(C(=O)N2CCCN(CC3CN(C(=O)Nc4ccccc4)CCO3)CC2)c1. The zero-order chi connectivity index (χ0) is 23.0. The second-order valence-electron chi connectivity index (χ2n) is 8.41. The van der Waals surface area contributed by atoms with Crippen molar-refractivity contribution >= 4 is 17.6 Å². The lowest BCUT2D eigenvalue weighted by atomic mass is 10.2. The minimum Gasteiger partial charge on any atom is -0.497 e. The highest BCUT2D eigenvalue weighted by atomic mass is 16.5. The number of nitrogens with zero attached hydrogens (tertiary/aromatic N) is 3. The Kier molecular flexibility index (Phi) is 7.80. The third kappa shape index (κ3) is 6.24. The van der Waals surface area contributed by atoms with Gasteiger partial charge in [0.1, 0.15) is 5.75 Å². The van der Waals surface area contributed by atoms with E-state index in [1.165, 1.54) is 0 Å². The van der Waals surface area contributed by atoms with Crippen LogP contribution < -0.4 is 10.1 Å². The first-order chi connectivity index (χ1) is 16.1. The number of carbonyl (C=O) groups is 2. The Morgan fingerprint density at radius 2 is 1.85 bits per heavy atom. The van der Waals surface area contributed by atoms with Gasteiger partial charge in [0.15, 0.2) is 0 Å². The first kappa shape index (κ1) is 23.1. The van der Waals surface area contributed by atoms with Crippen molar-refractivity contribution in [2.45, 2.75) is 12.5 Å². The summed E-state index contributed by atoms with van der Waals surface area (Å²) in [5.41, 5.74) is 1.44. The number of urea groups is 1. The van der Waals surface area contributed by atoms with Gasteiger partial charge < -0.3 is 24.6 Å². The molecule has 2 aliphatic heterocycles. The fourth-order valence-corrected chi connectivity index (χ4v) is 4.32. The van der Waals surface area contributed by atoms with Crippen molar-refractivity contribution in [2.75, 3.05) is 64.8 Å². The summed E-state index contributed by atoms with van der Waals surface area (Å²) in [7, 11) is 1.60. The van der Waals surface area contributed by atoms with Crippen LogP contribution in [0, 0.1) is 0 Å². The van der Waals surface area contributed by atoms with Crippen LogP contribution in [0.3, 0.4) is 0 Å². The molecule has 0 bridgehead atoms. The van der Waals surface area contributed by atoms with E-state index in [0.717, 1.165) is 38.3 Å². The van der Waals surface area contributed by atoms with E-state index in [9.17, 15) is 9.59 Å². The molecule has 2 aliphatic rings. The Balaban J connectivity index is 1.28. The molecule has 2 saturated heterocycles. The molecule has 2 aromatic carbocycles. The number of amides is 3. The molecule has 8 heteroatoms. The molecular weight excluding hydrogens is 420 g/mol. The third-order valence-electron chi connectivity index (χ3n) is 6.11. The molecule has 1 N–H and O–H groups in total. The second-order valence-corrected chi connectivity index (χ2v) is 8.41. The van der Waals surface area contributed by atoms with Crippen molar-refractivity contribution in [3.8, 4) is 5.75 Å². The zero-order valence-corrected chi connectivity index (χ0v) is 19.1. The lowest BCUT2D eigenvalue weighted by Gasteiger charge is -2.35. The van der Waals surface area contributed by atoms with Crippen LogP contribution in [0.1, 0.15) is 16.8 Å². The van der Waals surface area contributed by atoms with Gasteiger partial charge in [0.2, 0.25) is 0 Å². The smallest absolute Gasteiger partial charge is 0.322 e. The number of anilines is 1. The summed E-state index contributed by atoms with van der Waals surface area (Å²) in [6.45, 7) is 5.49. The van der Waals surface area contributed by atoms with E-state index in [0.29, 0.717) is 37.6 Å². The van der Waals surface area contributed by atoms with Gasteiger partial charge in [-0.3, -0.25) is 9.69 Å². The maximum absolute atomic E-state index is 13.0. The van der Waals surface area contributed by atoms with Crippen molar-refractivity contribution in [3.63, 3.8) is 0 Å². The van der Waals surface area contributed by atoms with E-state index in [1.54, 1.807) is 13.2 Å². The summed E-state index contributed by atoms with van der Waals surface area (Å²) in [5.74, 6) is 0.723. The number of methoxy groups -OCH3 is 1. The number of rotatable bonds is 5. The average Bonchev–Trinajstić information content (AvgIpc) is 3.10. The normalized spacial score (nSPS) is 19.6. The van der Waals surface area contributed by atoms with Crippen LogP contribution in [0.4, 0.5) is 10.5 Å². The van der Waals surface area contributed by atoms with E-state index in [2.05, 4.69) is 10.2 Å². The van der Waals surface area contributed by atoms with Crippen LogP contribution in [-0.2, 0) is 4.74 Å². The number of carbonyl (C=O) groups excluding carboxylic acids is 2. The molecule has 2 fully saturated rings. The number of benzene rings is 2. The summed E-state index contributed by atoms with van der Waals surface area (Å²) in [6.07, 6.45) is 0.863. The molecule has 0 aromatic heterocycles. The van der Waals surface area contributed by atoms with Crippen LogP contribution in [0.2, 0.25) is 0 Å². The van der Waals surface area contributed by atoms with Crippen molar-refractivity contribution in [1.82, 2.24) is 14.7 Å². The Hall–Kier alpha value is -3.10. The summed E-state index contributed by atoms with van der Waals surface area (Å²) in [5, 5.41) is 2.95. The summed E-state index contributed by atoms with van der Waals surface area (Å²) in [6, 6.07) is 16.7. The molecule has 0 aliphatic carbocycles. The number of nitrogens with one attached hydrogen (secondary N) is 1. The molecule has 0 radical (unpaired) electrons. The Morgan fingerprint density at radius 3 is 2.67 bits per heavy atom. The quantitative estimate of drug-likeness (QED) is 0.755. The summed E-state index contributed by atoms with van der Waals surface area (Å²) in [4.78, 5) is 31.7. The largest absolute Gasteiger partial charge is 0.497 e. The number of hydrogen-bond donors (Lipinski definition) is 1. The van der Waals surface area contributed by atoms with Crippen LogP contribution in [0.15, 0.2) is 54.6 Å². The molecule has 2 aromatic rings. The topological polar surface area (TPSA) is 74.4 Å². The predicted octanol–water partition coefficient (Wildman–Crippen LogP) is 2.78. The van der Waals surface area contributed by atoms with Crippen molar-refractivity contribution in [2.24, 2.45) is 0 Å². The lowest BCUT2D eigenvalue weighted by Crippen LogP contribution is -2.51. The molecule has 176 valence electrons. The highest BCUT2D eigenvalue weighted by Gasteiger charge is 2.27. The number of morpholine rings is 1. The summed E-state index contributed by atoms with van der Waals surface area (Å²) < 4.78 is 11.2. The van der Waals surface area contributed by atoms with Crippen LogP contribution in [-0.4, -0.2) is 92.3 Å². The maximum Gasteiger partial charge on any atom is 0.322 e. The van der Waals surface area contributed by atoms with Gasteiger partial charge in [-0.2, -0.15) is 0 Å². The lowest BCUT2D eigenvalue weighted by molar-refractivity contribution is -0.0283. The molecule has 8 nitrogen and oxygen atoms in total. The fraction of sp³-hybridized carbons (Fsp3) is 0.440. The molecule has 4 rings (SSSR count). The molecule has 2 heterocycles. The summed E-state index contributed by atoms with van der Waals surface area (Å²) >= 11 is 0. The van der Waals surface area contributed by atoms with Crippen LogP contribution in [0.5, 0.6) is 5.75 Å². The first-order valence-corrected chi connectivity index (χ1v) is 11.5. The van der Waals surface area contributed by atoms with E-state index in [-0.39, 0.29) is 18.0 Å². The molecule has 1 unspecified atom stereocenters. The van der Waals surface area contributed by atoms with Crippen LogP contribution in [0.25, 0.3) is 0 Å². The molecule has 33 heavy (non-hydrogen) atoms. The van der Waals surface area contributed by atoms with Gasteiger partial charge in [-0.15, -0.1) is 0 Å². The third-order valence-corrected chi connectivity index (χ3v) is 6.11. The molecule has 3 amide bonds. The van der Waals surface area contributed by atoms with E-state index < -0.39 is 0 Å². The van der Waals surface area contributed by atoms with Crippen molar-refractivity contribution in [1.29, 1.82) is 0 Å². The number of hydrogen-bond acceptors (Lipinski definition) is 5. The van der Waals surface area contributed by atoms with Gasteiger partial charge in [0, 0.05) is 50.5 Å². The van der Waals surface area contributed by atoms with Crippen molar-refractivity contribution in [3.05, 3.63) is 60.2 Å².